The molecule has 2 heterocycles. The zero-order valence-corrected chi connectivity index (χ0v) is 13.2. The Morgan fingerprint density at radius 2 is 1.90 bits per heavy atom. The highest BCUT2D eigenvalue weighted by Crippen LogP contribution is 2.47. The van der Waals surface area contributed by atoms with Gasteiger partial charge in [0.2, 0.25) is 5.91 Å². The monoisotopic (exact) mass is 291 g/mol. The van der Waals surface area contributed by atoms with Crippen molar-refractivity contribution in [2.45, 2.75) is 58.2 Å². The predicted molar refractivity (Wildman–Crippen MR) is 80.1 cm³/mol. The summed E-state index contributed by atoms with van der Waals surface area (Å²) in [6, 6.07) is 4.10. The van der Waals surface area contributed by atoms with Crippen LogP contribution >= 0.6 is 0 Å². The molecular formula is C17H25NO3. The number of ether oxygens (including phenoxy) is 1. The van der Waals surface area contributed by atoms with E-state index < -0.39 is 0 Å². The van der Waals surface area contributed by atoms with Crippen molar-refractivity contribution >= 4 is 5.91 Å². The number of furan rings is 1. The van der Waals surface area contributed by atoms with E-state index in [1.165, 1.54) is 6.42 Å². The first-order valence-electron chi connectivity index (χ1n) is 8.04. The molecule has 1 amide bonds. The second-order valence-electron chi connectivity index (χ2n) is 6.68. The normalized spacial score (nSPS) is 32.2. The molecule has 1 saturated heterocycles. The van der Waals surface area contributed by atoms with E-state index in [1.807, 2.05) is 24.8 Å². The standard InChI is InChI=1S/C17H25NO3/c1-11-8-15(11)16-6-4-14(21-16)5-7-17(19)18-9-12(2)20-13(3)10-18/h4,6,11-13,15H,5,7-10H2,1-3H3/t11-,12-,13+,15+/m0/s1. The Hall–Kier alpha value is -1.29. The van der Waals surface area contributed by atoms with Crippen molar-refractivity contribution in [2.75, 3.05) is 13.1 Å². The summed E-state index contributed by atoms with van der Waals surface area (Å²) in [7, 11) is 0. The molecule has 0 N–H and O–H groups in total. The van der Waals surface area contributed by atoms with Crippen LogP contribution in [0.4, 0.5) is 0 Å². The Morgan fingerprint density at radius 1 is 1.24 bits per heavy atom. The van der Waals surface area contributed by atoms with Crippen LogP contribution in [0.3, 0.4) is 0 Å². The molecule has 1 aliphatic carbocycles. The van der Waals surface area contributed by atoms with Gasteiger partial charge in [0, 0.05) is 31.8 Å². The molecule has 4 heteroatoms. The summed E-state index contributed by atoms with van der Waals surface area (Å²) in [5.74, 6) is 3.59. The number of carbonyl (C=O) groups is 1. The van der Waals surface area contributed by atoms with Gasteiger partial charge >= 0.3 is 0 Å². The molecule has 0 bridgehead atoms. The van der Waals surface area contributed by atoms with E-state index in [4.69, 9.17) is 9.15 Å². The Balaban J connectivity index is 1.50. The molecule has 116 valence electrons. The molecular weight excluding hydrogens is 266 g/mol. The fraction of sp³-hybridized carbons (Fsp3) is 0.706. The summed E-state index contributed by atoms with van der Waals surface area (Å²) >= 11 is 0. The van der Waals surface area contributed by atoms with Crippen molar-refractivity contribution in [1.82, 2.24) is 4.90 Å². The first-order valence-corrected chi connectivity index (χ1v) is 8.04. The van der Waals surface area contributed by atoms with Gasteiger partial charge < -0.3 is 14.1 Å². The van der Waals surface area contributed by atoms with Crippen LogP contribution in [-0.2, 0) is 16.0 Å². The van der Waals surface area contributed by atoms with Crippen LogP contribution in [0.2, 0.25) is 0 Å². The Labute approximate surface area is 126 Å². The van der Waals surface area contributed by atoms with Gasteiger partial charge in [0.15, 0.2) is 0 Å². The van der Waals surface area contributed by atoms with Gasteiger partial charge in [-0.25, -0.2) is 0 Å². The van der Waals surface area contributed by atoms with Gasteiger partial charge in [0.05, 0.1) is 12.2 Å². The molecule has 0 spiro atoms. The largest absolute Gasteiger partial charge is 0.466 e. The van der Waals surface area contributed by atoms with Crippen molar-refractivity contribution in [2.24, 2.45) is 5.92 Å². The number of amides is 1. The van der Waals surface area contributed by atoms with E-state index in [2.05, 4.69) is 13.0 Å². The fourth-order valence-corrected chi connectivity index (χ4v) is 3.22. The highest BCUT2D eigenvalue weighted by Gasteiger charge is 2.36. The van der Waals surface area contributed by atoms with Crippen molar-refractivity contribution < 1.29 is 13.9 Å². The van der Waals surface area contributed by atoms with E-state index in [0.717, 1.165) is 17.4 Å². The van der Waals surface area contributed by atoms with Crippen LogP contribution in [0.25, 0.3) is 0 Å². The maximum atomic E-state index is 12.3. The highest BCUT2D eigenvalue weighted by molar-refractivity contribution is 5.76. The first-order chi connectivity index (χ1) is 10.0. The number of hydrogen-bond donors (Lipinski definition) is 0. The lowest BCUT2D eigenvalue weighted by atomic mass is 10.2. The van der Waals surface area contributed by atoms with E-state index >= 15 is 0 Å². The zero-order chi connectivity index (χ0) is 15.0. The van der Waals surface area contributed by atoms with Crippen LogP contribution in [0.15, 0.2) is 16.5 Å². The first kappa shape index (κ1) is 14.6. The molecule has 3 rings (SSSR count). The average Bonchev–Trinajstić information content (AvgIpc) is 2.98. The maximum Gasteiger partial charge on any atom is 0.223 e. The lowest BCUT2D eigenvalue weighted by Crippen LogP contribution is -2.48. The topological polar surface area (TPSA) is 42.7 Å². The number of nitrogens with zero attached hydrogens (tertiary/aromatic N) is 1. The summed E-state index contributed by atoms with van der Waals surface area (Å²) in [5.41, 5.74) is 0. The maximum absolute atomic E-state index is 12.3. The molecule has 0 radical (unpaired) electrons. The molecule has 0 unspecified atom stereocenters. The minimum absolute atomic E-state index is 0.129. The van der Waals surface area contributed by atoms with Crippen LogP contribution in [0.5, 0.6) is 0 Å². The Morgan fingerprint density at radius 3 is 2.52 bits per heavy atom. The molecule has 1 aliphatic heterocycles. The average molecular weight is 291 g/mol. The zero-order valence-electron chi connectivity index (χ0n) is 13.2. The van der Waals surface area contributed by atoms with E-state index in [-0.39, 0.29) is 18.1 Å². The van der Waals surface area contributed by atoms with E-state index in [0.29, 0.717) is 31.8 Å². The van der Waals surface area contributed by atoms with E-state index in [9.17, 15) is 4.79 Å². The summed E-state index contributed by atoms with van der Waals surface area (Å²) in [5, 5.41) is 0. The third kappa shape index (κ3) is 3.49. The smallest absolute Gasteiger partial charge is 0.223 e. The Kier molecular flexibility index (Phi) is 4.07. The van der Waals surface area contributed by atoms with Crippen LogP contribution < -0.4 is 0 Å². The van der Waals surface area contributed by atoms with E-state index in [1.54, 1.807) is 0 Å². The van der Waals surface area contributed by atoms with Crippen molar-refractivity contribution in [3.8, 4) is 0 Å². The van der Waals surface area contributed by atoms with Gasteiger partial charge in [0.1, 0.15) is 11.5 Å². The molecule has 21 heavy (non-hydrogen) atoms. The van der Waals surface area contributed by atoms with Gasteiger partial charge in [-0.1, -0.05) is 6.92 Å². The van der Waals surface area contributed by atoms with Crippen LogP contribution in [0, 0.1) is 5.92 Å². The van der Waals surface area contributed by atoms with Gasteiger partial charge in [-0.3, -0.25) is 4.79 Å². The SMILES string of the molecule is C[C@@H]1CN(C(=O)CCc2ccc([C@@H]3C[C@@H]3C)o2)C[C@H](C)O1. The third-order valence-electron chi connectivity index (χ3n) is 4.51. The summed E-state index contributed by atoms with van der Waals surface area (Å²) in [6.07, 6.45) is 2.70. The molecule has 1 saturated carbocycles. The third-order valence-corrected chi connectivity index (χ3v) is 4.51. The minimum atomic E-state index is 0.129. The van der Waals surface area contributed by atoms with Crippen LogP contribution in [0.1, 0.15) is 51.1 Å². The highest BCUT2D eigenvalue weighted by atomic mass is 16.5. The second-order valence-corrected chi connectivity index (χ2v) is 6.68. The summed E-state index contributed by atoms with van der Waals surface area (Å²) < 4.78 is 11.5. The van der Waals surface area contributed by atoms with Crippen molar-refractivity contribution in [3.63, 3.8) is 0 Å². The molecule has 1 aromatic rings. The van der Waals surface area contributed by atoms with Gasteiger partial charge in [0.25, 0.3) is 0 Å². The number of aryl methyl sites for hydroxylation is 1. The lowest BCUT2D eigenvalue weighted by molar-refractivity contribution is -0.143. The summed E-state index contributed by atoms with van der Waals surface area (Å²) in [4.78, 5) is 14.2. The molecule has 0 aromatic carbocycles. The fourth-order valence-electron chi connectivity index (χ4n) is 3.22. The quantitative estimate of drug-likeness (QED) is 0.856. The number of carbonyl (C=O) groups excluding carboxylic acids is 1. The van der Waals surface area contributed by atoms with Gasteiger partial charge in [-0.2, -0.15) is 0 Å². The molecule has 2 aliphatic rings. The lowest BCUT2D eigenvalue weighted by Gasteiger charge is -2.35. The van der Waals surface area contributed by atoms with Crippen molar-refractivity contribution in [1.29, 1.82) is 0 Å². The minimum Gasteiger partial charge on any atom is -0.466 e. The van der Waals surface area contributed by atoms with Crippen molar-refractivity contribution in [3.05, 3.63) is 23.7 Å². The molecule has 1 aromatic heterocycles. The predicted octanol–water partition coefficient (Wildman–Crippen LogP) is 2.97. The number of rotatable bonds is 4. The molecule has 2 fully saturated rings. The number of morpholine rings is 1. The molecule has 4 atom stereocenters. The number of hydrogen-bond acceptors (Lipinski definition) is 3. The van der Waals surface area contributed by atoms with Gasteiger partial charge in [-0.15, -0.1) is 0 Å². The van der Waals surface area contributed by atoms with Crippen LogP contribution in [-0.4, -0.2) is 36.1 Å². The second kappa shape index (κ2) is 5.84. The summed E-state index contributed by atoms with van der Waals surface area (Å²) in [6.45, 7) is 7.69. The van der Waals surface area contributed by atoms with Gasteiger partial charge in [-0.05, 0) is 38.3 Å². The molecule has 4 nitrogen and oxygen atoms in total. The Bertz CT molecular complexity index is 500.